The van der Waals surface area contributed by atoms with Crippen molar-refractivity contribution in [2.24, 2.45) is 0 Å². The number of nitrogens with one attached hydrogen (secondary N) is 2. The fraction of sp³-hybridized carbons (Fsp3) is 0.333. The van der Waals surface area contributed by atoms with Crippen LogP contribution in [0.1, 0.15) is 41.1 Å². The van der Waals surface area contributed by atoms with Crippen molar-refractivity contribution in [3.8, 4) is 0 Å². The van der Waals surface area contributed by atoms with Crippen molar-refractivity contribution in [2.75, 3.05) is 5.32 Å². The summed E-state index contributed by atoms with van der Waals surface area (Å²) in [6, 6.07) is 6.03. The lowest BCUT2D eigenvalue weighted by Crippen LogP contribution is -2.16. The second kappa shape index (κ2) is 7.35. The van der Waals surface area contributed by atoms with Crippen LogP contribution >= 0.6 is 22.7 Å². The number of thiazole rings is 1. The van der Waals surface area contributed by atoms with Crippen LogP contribution in [0.2, 0.25) is 0 Å². The lowest BCUT2D eigenvalue weighted by atomic mass is 9.97. The predicted molar refractivity (Wildman–Crippen MR) is 118 cm³/mol. The second-order valence-electron chi connectivity index (χ2n) is 7.44. The first-order valence-corrected chi connectivity index (χ1v) is 11.4. The van der Waals surface area contributed by atoms with E-state index < -0.39 is 0 Å². The molecule has 148 valence electrons. The van der Waals surface area contributed by atoms with E-state index in [0.29, 0.717) is 17.4 Å². The highest BCUT2D eigenvalue weighted by molar-refractivity contribution is 7.22. The van der Waals surface area contributed by atoms with Gasteiger partial charge in [-0.25, -0.2) is 9.97 Å². The summed E-state index contributed by atoms with van der Waals surface area (Å²) in [5.74, 6) is 0.435. The molecule has 1 aromatic carbocycles. The summed E-state index contributed by atoms with van der Waals surface area (Å²) in [6.45, 7) is 2.03. The molecule has 0 spiro atoms. The molecule has 1 aliphatic carbocycles. The zero-order valence-electron chi connectivity index (χ0n) is 16.0. The molecule has 0 radical (unpaired) electrons. The van der Waals surface area contributed by atoms with E-state index in [0.717, 1.165) is 39.7 Å². The summed E-state index contributed by atoms with van der Waals surface area (Å²) < 4.78 is 1.05. The van der Waals surface area contributed by atoms with E-state index in [-0.39, 0.29) is 17.9 Å². The van der Waals surface area contributed by atoms with Gasteiger partial charge in [0.1, 0.15) is 10.7 Å². The van der Waals surface area contributed by atoms with Gasteiger partial charge < -0.3 is 10.3 Å². The highest BCUT2D eigenvalue weighted by Gasteiger charge is 2.20. The van der Waals surface area contributed by atoms with Gasteiger partial charge in [-0.1, -0.05) is 17.4 Å². The number of carbonyl (C=O) groups excluding carboxylic acids is 1. The Morgan fingerprint density at radius 1 is 1.21 bits per heavy atom. The minimum atomic E-state index is -0.131. The Morgan fingerprint density at radius 3 is 2.97 bits per heavy atom. The molecule has 3 heterocycles. The number of rotatable bonds is 4. The van der Waals surface area contributed by atoms with Crippen LogP contribution in [-0.4, -0.2) is 20.9 Å². The molecule has 1 aliphatic rings. The highest BCUT2D eigenvalue weighted by Crippen LogP contribution is 2.33. The number of anilines is 1. The first kappa shape index (κ1) is 18.4. The number of aryl methyl sites for hydroxylation is 4. The normalized spacial score (nSPS) is 13.7. The molecule has 0 unspecified atom stereocenters. The van der Waals surface area contributed by atoms with Crippen molar-refractivity contribution in [1.29, 1.82) is 0 Å². The number of amides is 1. The SMILES string of the molecule is Cc1ccc2nc(NC(=O)CCc3nc4sc5c(c4c(=O)[nH]3)CCCC5)sc2c1. The van der Waals surface area contributed by atoms with Gasteiger partial charge in [-0.3, -0.25) is 9.59 Å². The number of thiophene rings is 1. The van der Waals surface area contributed by atoms with Crippen molar-refractivity contribution in [2.45, 2.75) is 45.4 Å². The number of aromatic nitrogens is 3. The lowest BCUT2D eigenvalue weighted by molar-refractivity contribution is -0.116. The molecule has 0 aliphatic heterocycles. The van der Waals surface area contributed by atoms with Crippen molar-refractivity contribution in [1.82, 2.24) is 15.0 Å². The van der Waals surface area contributed by atoms with E-state index in [2.05, 4.69) is 26.3 Å². The highest BCUT2D eigenvalue weighted by atomic mass is 32.1. The summed E-state index contributed by atoms with van der Waals surface area (Å²) in [5.41, 5.74) is 3.15. The lowest BCUT2D eigenvalue weighted by Gasteiger charge is -2.09. The van der Waals surface area contributed by atoms with Gasteiger partial charge in [0.25, 0.3) is 5.56 Å². The first-order valence-electron chi connectivity index (χ1n) is 9.77. The molecule has 4 aromatic rings. The van der Waals surface area contributed by atoms with Gasteiger partial charge in [-0.15, -0.1) is 11.3 Å². The number of H-pyrrole nitrogens is 1. The Hall–Kier alpha value is -2.58. The average molecular weight is 425 g/mol. The van der Waals surface area contributed by atoms with E-state index in [4.69, 9.17) is 0 Å². The van der Waals surface area contributed by atoms with Crippen LogP contribution < -0.4 is 10.9 Å². The van der Waals surface area contributed by atoms with Gasteiger partial charge in [-0.2, -0.15) is 0 Å². The van der Waals surface area contributed by atoms with Crippen LogP contribution in [0.3, 0.4) is 0 Å². The molecule has 2 N–H and O–H groups in total. The largest absolute Gasteiger partial charge is 0.310 e. The minimum absolute atomic E-state index is 0.0775. The van der Waals surface area contributed by atoms with E-state index in [9.17, 15) is 9.59 Å². The molecule has 1 amide bonds. The van der Waals surface area contributed by atoms with Gasteiger partial charge in [0.05, 0.1) is 15.6 Å². The van der Waals surface area contributed by atoms with Crippen LogP contribution in [0.15, 0.2) is 23.0 Å². The van der Waals surface area contributed by atoms with Crippen molar-refractivity contribution >= 4 is 54.1 Å². The molecule has 0 fully saturated rings. The fourth-order valence-corrected chi connectivity index (χ4v) is 6.09. The molecular formula is C21H20N4O2S2. The summed E-state index contributed by atoms with van der Waals surface area (Å²) in [7, 11) is 0. The van der Waals surface area contributed by atoms with Gasteiger partial charge in [0.15, 0.2) is 5.13 Å². The number of benzene rings is 1. The maximum Gasteiger partial charge on any atom is 0.259 e. The van der Waals surface area contributed by atoms with Crippen LogP contribution in [0.25, 0.3) is 20.4 Å². The van der Waals surface area contributed by atoms with Gasteiger partial charge >= 0.3 is 0 Å². The van der Waals surface area contributed by atoms with Crippen LogP contribution in [-0.2, 0) is 24.1 Å². The molecular weight excluding hydrogens is 404 g/mol. The van der Waals surface area contributed by atoms with Gasteiger partial charge in [0, 0.05) is 17.7 Å². The minimum Gasteiger partial charge on any atom is -0.310 e. The van der Waals surface area contributed by atoms with Gasteiger partial charge in [0.2, 0.25) is 5.91 Å². The van der Waals surface area contributed by atoms with Crippen molar-refractivity contribution < 1.29 is 4.79 Å². The monoisotopic (exact) mass is 424 g/mol. The smallest absolute Gasteiger partial charge is 0.259 e. The maximum atomic E-state index is 12.6. The Labute approximate surface area is 175 Å². The number of aromatic amines is 1. The topological polar surface area (TPSA) is 87.7 Å². The third-order valence-corrected chi connectivity index (χ3v) is 7.37. The number of carbonyl (C=O) groups is 1. The number of hydrogen-bond donors (Lipinski definition) is 2. The van der Waals surface area contributed by atoms with E-state index >= 15 is 0 Å². The zero-order valence-corrected chi connectivity index (χ0v) is 17.6. The zero-order chi connectivity index (χ0) is 20.0. The molecule has 0 bridgehead atoms. The van der Waals surface area contributed by atoms with E-state index in [1.54, 1.807) is 11.3 Å². The molecule has 3 aromatic heterocycles. The average Bonchev–Trinajstić information content (AvgIpc) is 3.26. The molecule has 0 atom stereocenters. The predicted octanol–water partition coefficient (Wildman–Crippen LogP) is 4.35. The number of fused-ring (bicyclic) bond motifs is 4. The summed E-state index contributed by atoms with van der Waals surface area (Å²) >= 11 is 3.09. The molecule has 5 rings (SSSR count). The first-order chi connectivity index (χ1) is 14.1. The Balaban J connectivity index is 1.30. The van der Waals surface area contributed by atoms with Crippen molar-refractivity contribution in [3.05, 3.63) is 50.4 Å². The van der Waals surface area contributed by atoms with Gasteiger partial charge in [-0.05, 0) is 55.9 Å². The molecule has 0 saturated heterocycles. The van der Waals surface area contributed by atoms with Crippen LogP contribution in [0, 0.1) is 6.92 Å². The second-order valence-corrected chi connectivity index (χ2v) is 9.56. The molecule has 29 heavy (non-hydrogen) atoms. The summed E-state index contributed by atoms with van der Waals surface area (Å²) in [4.78, 5) is 39.0. The summed E-state index contributed by atoms with van der Waals surface area (Å²) in [5, 5.41) is 4.21. The van der Waals surface area contributed by atoms with Crippen LogP contribution in [0.5, 0.6) is 0 Å². The van der Waals surface area contributed by atoms with E-state index in [1.165, 1.54) is 33.8 Å². The maximum absolute atomic E-state index is 12.6. The van der Waals surface area contributed by atoms with Crippen LogP contribution in [0.4, 0.5) is 5.13 Å². The number of nitrogens with zero attached hydrogens (tertiary/aromatic N) is 2. The Kier molecular flexibility index (Phi) is 4.67. The fourth-order valence-electron chi connectivity index (χ4n) is 3.83. The third kappa shape index (κ3) is 3.58. The standard InChI is InChI=1S/C21H20N4O2S2/c1-11-6-7-13-15(10-11)29-21(22-13)25-17(26)9-8-16-23-19(27)18-12-4-2-3-5-14(12)28-20(18)24-16/h6-7,10H,2-5,8-9H2,1H3,(H,22,25,26)(H,23,24,27). The third-order valence-electron chi connectivity index (χ3n) is 5.25. The Bertz CT molecular complexity index is 1300. The number of hydrogen-bond acceptors (Lipinski definition) is 6. The molecule has 0 saturated carbocycles. The molecule has 8 heteroatoms. The quantitative estimate of drug-likeness (QED) is 0.510. The van der Waals surface area contributed by atoms with E-state index in [1.807, 2.05) is 19.1 Å². The Morgan fingerprint density at radius 2 is 2.07 bits per heavy atom. The summed E-state index contributed by atoms with van der Waals surface area (Å²) in [6.07, 6.45) is 4.94. The molecule has 6 nitrogen and oxygen atoms in total. The van der Waals surface area contributed by atoms with Crippen molar-refractivity contribution in [3.63, 3.8) is 0 Å².